The van der Waals surface area contributed by atoms with Gasteiger partial charge in [-0.15, -0.1) is 0 Å². The molecule has 0 aliphatic rings. The Labute approximate surface area is 478 Å². The molecule has 0 saturated carbocycles. The number of hydrogen-bond donors (Lipinski definition) is 1. The molecule has 0 aromatic rings. The van der Waals surface area contributed by atoms with Crippen molar-refractivity contribution in [3.05, 3.63) is 12.7 Å². The molecule has 0 radical (unpaired) electrons. The van der Waals surface area contributed by atoms with Crippen LogP contribution in [0.2, 0.25) is 0 Å². The molecule has 8 nitrogen and oxygen atoms in total. The molecule has 0 rings (SSSR count). The molecule has 454 valence electrons. The van der Waals surface area contributed by atoms with Gasteiger partial charge in [0, 0.05) is 0 Å². The van der Waals surface area contributed by atoms with Gasteiger partial charge in [-0.05, 0) is 25.3 Å². The standard InChI is InChI=1S/C69H130O8/c1-5-9-12-15-18-21-24-27-30-33-36-39-42-45-48-51-54-57-60-75-65(71)63-69(74,68(73)77-62-59-56-53-50-47-44-41-38-35-32-29-26-23-20-17-14-11-7-3)66(64(70)8-4)67(72)76-61-58-55-52-49-46-43-40-37-34-31-28-25-22-19-16-13-10-6-2/h8,66,74H,4-7,9-63H2,1-3H3. The first-order valence-corrected chi connectivity index (χ1v) is 34.2. The lowest BCUT2D eigenvalue weighted by Crippen LogP contribution is -2.55. The number of unbranched alkanes of at least 4 members (excludes halogenated alkanes) is 51. The summed E-state index contributed by atoms with van der Waals surface area (Å²) < 4.78 is 16.6. The predicted octanol–water partition coefficient (Wildman–Crippen LogP) is 21.2. The number of allylic oxidation sites excluding steroid dienone is 1. The van der Waals surface area contributed by atoms with Crippen LogP contribution in [0.15, 0.2) is 12.7 Å². The number of carbonyl (C=O) groups is 4. The van der Waals surface area contributed by atoms with E-state index in [1.54, 1.807) is 0 Å². The molecule has 0 amide bonds. The lowest BCUT2D eigenvalue weighted by molar-refractivity contribution is -0.187. The van der Waals surface area contributed by atoms with Crippen molar-refractivity contribution in [3.63, 3.8) is 0 Å². The van der Waals surface area contributed by atoms with Crippen LogP contribution in [0.1, 0.15) is 374 Å². The summed E-state index contributed by atoms with van der Waals surface area (Å²) in [5, 5.41) is 12.0. The largest absolute Gasteiger partial charge is 0.466 e. The van der Waals surface area contributed by atoms with E-state index in [1.165, 1.54) is 270 Å². The maximum absolute atomic E-state index is 13.8. The van der Waals surface area contributed by atoms with Crippen molar-refractivity contribution in [2.45, 2.75) is 380 Å². The minimum absolute atomic E-state index is 0.0115. The lowest BCUT2D eigenvalue weighted by atomic mass is 9.81. The fourth-order valence-electron chi connectivity index (χ4n) is 11.0. The Kier molecular flexibility index (Phi) is 58.2. The van der Waals surface area contributed by atoms with Crippen LogP contribution >= 0.6 is 0 Å². The van der Waals surface area contributed by atoms with Crippen LogP contribution in [0.5, 0.6) is 0 Å². The first kappa shape index (κ1) is 74.8. The van der Waals surface area contributed by atoms with Crippen LogP contribution in [0.4, 0.5) is 0 Å². The highest BCUT2D eigenvalue weighted by molar-refractivity contribution is 6.10. The van der Waals surface area contributed by atoms with Crippen molar-refractivity contribution in [1.29, 1.82) is 0 Å². The summed E-state index contributed by atoms with van der Waals surface area (Å²) in [5.41, 5.74) is -2.78. The summed E-state index contributed by atoms with van der Waals surface area (Å²) in [7, 11) is 0. The average Bonchev–Trinajstić information content (AvgIpc) is 3.43. The molecular weight excluding hydrogens is 957 g/mol. The van der Waals surface area contributed by atoms with Crippen molar-refractivity contribution in [1.82, 2.24) is 0 Å². The molecule has 0 bridgehead atoms. The highest BCUT2D eigenvalue weighted by Gasteiger charge is 2.55. The summed E-state index contributed by atoms with van der Waals surface area (Å²) in [6, 6.07) is 0. The zero-order valence-corrected chi connectivity index (χ0v) is 51.7. The van der Waals surface area contributed by atoms with Gasteiger partial charge in [-0.1, -0.05) is 355 Å². The van der Waals surface area contributed by atoms with Crippen molar-refractivity contribution in [2.24, 2.45) is 5.92 Å². The summed E-state index contributed by atoms with van der Waals surface area (Å²) in [4.78, 5) is 54.1. The van der Waals surface area contributed by atoms with Crippen molar-refractivity contribution >= 4 is 23.7 Å². The Balaban J connectivity index is 4.81. The molecular formula is C69H130O8. The molecule has 8 heteroatoms. The van der Waals surface area contributed by atoms with Crippen molar-refractivity contribution in [3.8, 4) is 0 Å². The van der Waals surface area contributed by atoms with Gasteiger partial charge in [0.15, 0.2) is 17.3 Å². The monoisotopic (exact) mass is 1090 g/mol. The number of hydrogen-bond acceptors (Lipinski definition) is 8. The Morgan fingerprint density at radius 3 is 0.779 bits per heavy atom. The minimum atomic E-state index is -2.78. The number of esters is 3. The molecule has 1 N–H and O–H groups in total. The Morgan fingerprint density at radius 1 is 0.338 bits per heavy atom. The molecule has 0 aromatic carbocycles. The van der Waals surface area contributed by atoms with Gasteiger partial charge in [0.25, 0.3) is 0 Å². The summed E-state index contributed by atoms with van der Waals surface area (Å²) in [5.74, 6) is -5.97. The van der Waals surface area contributed by atoms with Crippen molar-refractivity contribution < 1.29 is 38.5 Å². The summed E-state index contributed by atoms with van der Waals surface area (Å²) in [6.45, 7) is 10.6. The normalized spacial score (nSPS) is 12.6. The third-order valence-corrected chi connectivity index (χ3v) is 16.2. The minimum Gasteiger partial charge on any atom is -0.466 e. The van der Waals surface area contributed by atoms with Crippen LogP contribution in [-0.4, -0.2) is 54.2 Å². The van der Waals surface area contributed by atoms with Gasteiger partial charge in [-0.2, -0.15) is 0 Å². The van der Waals surface area contributed by atoms with E-state index in [1.807, 2.05) is 0 Å². The van der Waals surface area contributed by atoms with Gasteiger partial charge in [0.05, 0.1) is 26.2 Å². The number of ether oxygens (including phenoxy) is 3. The SMILES string of the molecule is C=CC(=O)C(C(=O)OCCCCCCCCCCCCCCCCCCCC)C(O)(CC(=O)OCCCCCCCCCCCCCCCCCCCC)C(=O)OCCCCCCCCCCCCCCCCCCCC. The predicted molar refractivity (Wildman–Crippen MR) is 327 cm³/mol. The lowest BCUT2D eigenvalue weighted by Gasteiger charge is -2.30. The highest BCUT2D eigenvalue weighted by Crippen LogP contribution is 2.29. The van der Waals surface area contributed by atoms with E-state index in [2.05, 4.69) is 27.4 Å². The van der Waals surface area contributed by atoms with Crippen LogP contribution < -0.4 is 0 Å². The molecule has 0 fully saturated rings. The average molecular weight is 1090 g/mol. The van der Waals surface area contributed by atoms with Crippen molar-refractivity contribution in [2.75, 3.05) is 19.8 Å². The molecule has 0 aliphatic carbocycles. The second-order valence-corrected chi connectivity index (χ2v) is 23.7. The second kappa shape index (κ2) is 59.9. The number of carbonyl (C=O) groups excluding carboxylic acids is 4. The van der Waals surface area contributed by atoms with Crippen LogP contribution in [0, 0.1) is 5.92 Å². The van der Waals surface area contributed by atoms with Gasteiger partial charge < -0.3 is 19.3 Å². The van der Waals surface area contributed by atoms with E-state index in [0.717, 1.165) is 63.9 Å². The highest BCUT2D eigenvalue weighted by atomic mass is 16.6. The first-order chi connectivity index (χ1) is 37.8. The fraction of sp³-hybridized carbons (Fsp3) is 0.913. The zero-order chi connectivity index (χ0) is 56.2. The zero-order valence-electron chi connectivity index (χ0n) is 51.7. The molecule has 2 unspecified atom stereocenters. The first-order valence-electron chi connectivity index (χ1n) is 34.2. The molecule has 0 aliphatic heterocycles. The van der Waals surface area contributed by atoms with E-state index in [0.29, 0.717) is 19.3 Å². The van der Waals surface area contributed by atoms with Gasteiger partial charge in [0.2, 0.25) is 0 Å². The Hall–Kier alpha value is -2.22. The quantitative estimate of drug-likeness (QED) is 0.0210. The summed E-state index contributed by atoms with van der Waals surface area (Å²) in [6.07, 6.45) is 67.3. The van der Waals surface area contributed by atoms with E-state index in [-0.39, 0.29) is 19.8 Å². The second-order valence-electron chi connectivity index (χ2n) is 23.7. The number of aliphatic hydroxyl groups is 1. The molecule has 77 heavy (non-hydrogen) atoms. The van der Waals surface area contributed by atoms with Gasteiger partial charge in [0.1, 0.15) is 0 Å². The fourth-order valence-corrected chi connectivity index (χ4v) is 11.0. The van der Waals surface area contributed by atoms with Crippen LogP contribution in [0.3, 0.4) is 0 Å². The van der Waals surface area contributed by atoms with Crippen LogP contribution in [0.25, 0.3) is 0 Å². The number of rotatable bonds is 64. The smallest absolute Gasteiger partial charge is 0.340 e. The van der Waals surface area contributed by atoms with Gasteiger partial charge in [-0.25, -0.2) is 4.79 Å². The Morgan fingerprint density at radius 2 is 0.545 bits per heavy atom. The van der Waals surface area contributed by atoms with Crippen LogP contribution in [-0.2, 0) is 33.4 Å². The molecule has 0 aromatic heterocycles. The van der Waals surface area contributed by atoms with Gasteiger partial charge in [-0.3, -0.25) is 14.4 Å². The molecule has 2 atom stereocenters. The van der Waals surface area contributed by atoms with E-state index < -0.39 is 41.6 Å². The van der Waals surface area contributed by atoms with Gasteiger partial charge >= 0.3 is 17.9 Å². The van der Waals surface area contributed by atoms with E-state index in [9.17, 15) is 24.3 Å². The third-order valence-electron chi connectivity index (χ3n) is 16.2. The topological polar surface area (TPSA) is 116 Å². The maximum atomic E-state index is 13.8. The number of ketones is 1. The summed E-state index contributed by atoms with van der Waals surface area (Å²) >= 11 is 0. The van der Waals surface area contributed by atoms with E-state index >= 15 is 0 Å². The molecule has 0 saturated heterocycles. The van der Waals surface area contributed by atoms with E-state index in [4.69, 9.17) is 14.2 Å². The maximum Gasteiger partial charge on any atom is 0.340 e. The molecule has 0 spiro atoms. The molecule has 0 heterocycles. The third kappa shape index (κ3) is 49.3. The Bertz CT molecular complexity index is 1300.